The number of rotatable bonds is 4. The van der Waals surface area contributed by atoms with Crippen LogP contribution in [-0.2, 0) is 16.0 Å². The number of nitrogens with one attached hydrogen (secondary N) is 2. The molecule has 1 heterocycles. The fourth-order valence-corrected chi connectivity index (χ4v) is 2.71. The molecule has 0 aliphatic carbocycles. The minimum absolute atomic E-state index is 0.0380. The Hall–Kier alpha value is -2.82. The summed E-state index contributed by atoms with van der Waals surface area (Å²) in [5.74, 6) is 0.000630. The fourth-order valence-electron chi connectivity index (χ4n) is 2.71. The predicted molar refractivity (Wildman–Crippen MR) is 95.2 cm³/mol. The van der Waals surface area contributed by atoms with Crippen LogP contribution in [0.1, 0.15) is 11.1 Å². The molecule has 124 valence electrons. The molecule has 2 aromatic carbocycles. The predicted octanol–water partition coefficient (Wildman–Crippen LogP) is 2.11. The lowest BCUT2D eigenvalue weighted by Crippen LogP contribution is -2.47. The Bertz CT molecular complexity index is 723. The van der Waals surface area contributed by atoms with Gasteiger partial charge < -0.3 is 15.5 Å². The van der Waals surface area contributed by atoms with Gasteiger partial charge in [-0.25, -0.2) is 0 Å². The van der Waals surface area contributed by atoms with Gasteiger partial charge in [0.05, 0.1) is 13.0 Å². The van der Waals surface area contributed by atoms with E-state index in [-0.39, 0.29) is 11.8 Å². The first-order valence-corrected chi connectivity index (χ1v) is 8.07. The Labute approximate surface area is 141 Å². The number of anilines is 2. The number of carbonyl (C=O) groups excluding carboxylic acids is 2. The Morgan fingerprint density at radius 1 is 1.12 bits per heavy atom. The summed E-state index contributed by atoms with van der Waals surface area (Å²) < 4.78 is 0. The summed E-state index contributed by atoms with van der Waals surface area (Å²) in [5, 5.41) is 5.72. The van der Waals surface area contributed by atoms with Crippen LogP contribution in [0.3, 0.4) is 0 Å². The Morgan fingerprint density at radius 2 is 1.83 bits per heavy atom. The van der Waals surface area contributed by atoms with E-state index in [4.69, 9.17) is 0 Å². The van der Waals surface area contributed by atoms with Crippen molar-refractivity contribution in [3.05, 3.63) is 59.7 Å². The molecule has 1 saturated heterocycles. The maximum Gasteiger partial charge on any atom is 0.239 e. The third-order valence-corrected chi connectivity index (χ3v) is 4.04. The number of hydrogen-bond acceptors (Lipinski definition) is 3. The maximum absolute atomic E-state index is 12.1. The number of amides is 2. The van der Waals surface area contributed by atoms with Crippen LogP contribution in [0.15, 0.2) is 48.5 Å². The van der Waals surface area contributed by atoms with Crippen LogP contribution in [0.2, 0.25) is 0 Å². The summed E-state index contributed by atoms with van der Waals surface area (Å²) in [4.78, 5) is 25.6. The largest absolute Gasteiger partial charge is 0.360 e. The highest BCUT2D eigenvalue weighted by atomic mass is 16.2. The summed E-state index contributed by atoms with van der Waals surface area (Å²) >= 11 is 0. The van der Waals surface area contributed by atoms with Crippen molar-refractivity contribution in [1.82, 2.24) is 5.32 Å². The van der Waals surface area contributed by atoms with Gasteiger partial charge in [-0.15, -0.1) is 0 Å². The zero-order chi connectivity index (χ0) is 16.9. The Balaban J connectivity index is 1.58. The Kier molecular flexibility index (Phi) is 4.79. The van der Waals surface area contributed by atoms with Gasteiger partial charge in [0.15, 0.2) is 0 Å². The molecule has 5 heteroatoms. The van der Waals surface area contributed by atoms with Crippen LogP contribution in [-0.4, -0.2) is 31.4 Å². The highest BCUT2D eigenvalue weighted by Gasteiger charge is 2.16. The summed E-state index contributed by atoms with van der Waals surface area (Å²) in [6, 6.07) is 15.6. The second-order valence-corrected chi connectivity index (χ2v) is 6.03. The molecule has 0 radical (unpaired) electrons. The number of piperazine rings is 1. The topological polar surface area (TPSA) is 61.4 Å². The first kappa shape index (κ1) is 16.1. The molecule has 2 amide bonds. The smallest absolute Gasteiger partial charge is 0.239 e. The minimum atomic E-state index is -0.0380. The summed E-state index contributed by atoms with van der Waals surface area (Å²) in [5.41, 5.74) is 3.92. The first-order valence-electron chi connectivity index (χ1n) is 8.07. The van der Waals surface area contributed by atoms with E-state index in [1.165, 1.54) is 5.56 Å². The summed E-state index contributed by atoms with van der Waals surface area (Å²) in [6.45, 7) is 3.86. The second kappa shape index (κ2) is 7.17. The molecule has 0 atom stereocenters. The molecule has 0 bridgehead atoms. The van der Waals surface area contributed by atoms with Crippen LogP contribution >= 0.6 is 0 Å². The van der Waals surface area contributed by atoms with Gasteiger partial charge in [0.1, 0.15) is 0 Å². The number of hydrogen-bond donors (Lipinski definition) is 2. The van der Waals surface area contributed by atoms with E-state index in [9.17, 15) is 9.59 Å². The van der Waals surface area contributed by atoms with Crippen molar-refractivity contribution < 1.29 is 9.59 Å². The molecule has 1 fully saturated rings. The number of carbonyl (C=O) groups is 2. The van der Waals surface area contributed by atoms with Crippen LogP contribution in [0.25, 0.3) is 0 Å². The fraction of sp³-hybridized carbons (Fsp3) is 0.263. The third-order valence-electron chi connectivity index (χ3n) is 4.04. The molecule has 0 aromatic heterocycles. The maximum atomic E-state index is 12.1. The van der Waals surface area contributed by atoms with Crippen LogP contribution in [0, 0.1) is 6.92 Å². The van der Waals surface area contributed by atoms with Gasteiger partial charge in [-0.2, -0.15) is 0 Å². The standard InChI is InChI=1S/C19H21N3O2/c1-14-2-4-15(5-3-14)12-18(23)21-16-6-8-17(9-7-16)22-11-10-20-19(24)13-22/h2-9H,10-13H2,1H3,(H,20,24)(H,21,23). The molecular formula is C19H21N3O2. The van der Waals surface area contributed by atoms with E-state index in [2.05, 4.69) is 10.6 Å². The number of benzene rings is 2. The van der Waals surface area contributed by atoms with Crippen molar-refractivity contribution in [2.75, 3.05) is 29.9 Å². The van der Waals surface area contributed by atoms with Gasteiger partial charge in [0, 0.05) is 24.5 Å². The molecule has 3 rings (SSSR count). The van der Waals surface area contributed by atoms with E-state index >= 15 is 0 Å². The van der Waals surface area contributed by atoms with E-state index in [0.29, 0.717) is 19.5 Å². The normalized spacial score (nSPS) is 14.2. The average molecular weight is 323 g/mol. The SMILES string of the molecule is Cc1ccc(CC(=O)Nc2ccc(N3CCNC(=O)C3)cc2)cc1. The lowest BCUT2D eigenvalue weighted by Gasteiger charge is -2.28. The Morgan fingerprint density at radius 3 is 2.50 bits per heavy atom. The van der Waals surface area contributed by atoms with Crippen molar-refractivity contribution in [3.8, 4) is 0 Å². The molecule has 5 nitrogen and oxygen atoms in total. The zero-order valence-corrected chi connectivity index (χ0v) is 13.7. The lowest BCUT2D eigenvalue weighted by atomic mass is 10.1. The van der Waals surface area contributed by atoms with Gasteiger partial charge in [-0.3, -0.25) is 9.59 Å². The molecular weight excluding hydrogens is 302 g/mol. The van der Waals surface area contributed by atoms with Crippen LogP contribution < -0.4 is 15.5 Å². The second-order valence-electron chi connectivity index (χ2n) is 6.03. The van der Waals surface area contributed by atoms with E-state index in [0.717, 1.165) is 23.5 Å². The summed E-state index contributed by atoms with van der Waals surface area (Å²) in [6.07, 6.45) is 0.355. The quantitative estimate of drug-likeness (QED) is 0.906. The van der Waals surface area contributed by atoms with Crippen molar-refractivity contribution in [2.45, 2.75) is 13.3 Å². The third kappa shape index (κ3) is 4.13. The van der Waals surface area contributed by atoms with Gasteiger partial charge in [0.2, 0.25) is 11.8 Å². The summed E-state index contributed by atoms with van der Waals surface area (Å²) in [7, 11) is 0. The molecule has 0 saturated carbocycles. The van der Waals surface area contributed by atoms with Gasteiger partial charge in [-0.05, 0) is 36.8 Å². The molecule has 2 N–H and O–H groups in total. The van der Waals surface area contributed by atoms with Gasteiger partial charge in [-0.1, -0.05) is 29.8 Å². The van der Waals surface area contributed by atoms with Gasteiger partial charge in [0.25, 0.3) is 0 Å². The first-order chi connectivity index (χ1) is 11.6. The highest BCUT2D eigenvalue weighted by molar-refractivity contribution is 5.92. The molecule has 24 heavy (non-hydrogen) atoms. The molecule has 1 aliphatic rings. The average Bonchev–Trinajstić information content (AvgIpc) is 2.58. The van der Waals surface area contributed by atoms with E-state index < -0.39 is 0 Å². The van der Waals surface area contributed by atoms with Crippen LogP contribution in [0.4, 0.5) is 11.4 Å². The van der Waals surface area contributed by atoms with E-state index in [1.54, 1.807) is 0 Å². The molecule has 2 aromatic rings. The van der Waals surface area contributed by atoms with Crippen molar-refractivity contribution in [3.63, 3.8) is 0 Å². The molecule has 0 spiro atoms. The minimum Gasteiger partial charge on any atom is -0.360 e. The van der Waals surface area contributed by atoms with Crippen molar-refractivity contribution >= 4 is 23.2 Å². The molecule has 1 aliphatic heterocycles. The lowest BCUT2D eigenvalue weighted by molar-refractivity contribution is -0.120. The number of aryl methyl sites for hydroxylation is 1. The van der Waals surface area contributed by atoms with Crippen LogP contribution in [0.5, 0.6) is 0 Å². The highest BCUT2D eigenvalue weighted by Crippen LogP contribution is 2.18. The van der Waals surface area contributed by atoms with Crippen molar-refractivity contribution in [1.29, 1.82) is 0 Å². The van der Waals surface area contributed by atoms with Crippen molar-refractivity contribution in [2.24, 2.45) is 0 Å². The monoisotopic (exact) mass is 323 g/mol. The van der Waals surface area contributed by atoms with E-state index in [1.807, 2.05) is 60.4 Å². The zero-order valence-electron chi connectivity index (χ0n) is 13.7. The molecule has 0 unspecified atom stereocenters. The number of nitrogens with zero attached hydrogens (tertiary/aromatic N) is 1. The van der Waals surface area contributed by atoms with Gasteiger partial charge >= 0.3 is 0 Å².